The number of hydrogen-bond acceptors (Lipinski definition) is 7. The number of aldehydes is 1. The van der Waals surface area contributed by atoms with Gasteiger partial charge in [0.2, 0.25) is 0 Å². The minimum Gasteiger partial charge on any atom is -0.426 e. The van der Waals surface area contributed by atoms with Crippen molar-refractivity contribution >= 4 is 45.2 Å². The predicted molar refractivity (Wildman–Crippen MR) is 88.8 cm³/mol. The average molecular weight is 413 g/mol. The van der Waals surface area contributed by atoms with Crippen LogP contribution in [0.2, 0.25) is 5.02 Å². The minimum absolute atomic E-state index is 0.130. The quantitative estimate of drug-likeness (QED) is 0.563. The van der Waals surface area contributed by atoms with Crippen LogP contribution < -0.4 is 9.47 Å². The maximum absolute atomic E-state index is 10.7. The van der Waals surface area contributed by atoms with Crippen molar-refractivity contribution in [3.8, 4) is 22.7 Å². The number of ether oxygens (including phenoxy) is 2. The number of hydrogen-bond donors (Lipinski definition) is 0. The molecule has 0 spiro atoms. The Morgan fingerprint density at radius 2 is 1.91 bits per heavy atom. The lowest BCUT2D eigenvalue weighted by Gasteiger charge is -2.10. The summed E-state index contributed by atoms with van der Waals surface area (Å²) in [7, 11) is 0. The van der Waals surface area contributed by atoms with Gasteiger partial charge in [-0.15, -0.1) is 0 Å². The topological polar surface area (TPSA) is 74.2 Å². The molecular formula is C14H7BrClN3O3S. The SMILES string of the molecule is O=Cc1cnc(Oc2c(Br)cccc2Oc2ncc(Cl)cn2)s1. The Kier molecular flexibility index (Phi) is 4.85. The first-order valence-electron chi connectivity index (χ1n) is 6.18. The lowest BCUT2D eigenvalue weighted by atomic mass is 10.3. The maximum Gasteiger partial charge on any atom is 0.322 e. The Morgan fingerprint density at radius 3 is 2.61 bits per heavy atom. The fraction of sp³-hybridized carbons (Fsp3) is 0. The second kappa shape index (κ2) is 7.03. The third-order valence-electron chi connectivity index (χ3n) is 2.54. The van der Waals surface area contributed by atoms with Gasteiger partial charge in [0.1, 0.15) is 0 Å². The van der Waals surface area contributed by atoms with Gasteiger partial charge in [0.05, 0.1) is 33.0 Å². The Bertz CT molecular complexity index is 842. The summed E-state index contributed by atoms with van der Waals surface area (Å²) in [4.78, 5) is 23.2. The molecule has 0 aliphatic heterocycles. The summed E-state index contributed by atoms with van der Waals surface area (Å²) in [6.45, 7) is 0. The van der Waals surface area contributed by atoms with Gasteiger partial charge in [-0.2, -0.15) is 0 Å². The lowest BCUT2D eigenvalue weighted by Crippen LogP contribution is -1.94. The zero-order chi connectivity index (χ0) is 16.2. The second-order valence-electron chi connectivity index (χ2n) is 4.10. The molecule has 23 heavy (non-hydrogen) atoms. The molecule has 0 fully saturated rings. The molecule has 0 aliphatic carbocycles. The third kappa shape index (κ3) is 3.84. The number of thiazole rings is 1. The van der Waals surface area contributed by atoms with Crippen molar-refractivity contribution in [1.29, 1.82) is 0 Å². The second-order valence-corrected chi connectivity index (χ2v) is 6.42. The Morgan fingerprint density at radius 1 is 1.13 bits per heavy atom. The van der Waals surface area contributed by atoms with Gasteiger partial charge in [-0.05, 0) is 28.1 Å². The van der Waals surface area contributed by atoms with Gasteiger partial charge in [-0.3, -0.25) is 4.79 Å². The molecule has 0 amide bonds. The molecule has 0 radical (unpaired) electrons. The van der Waals surface area contributed by atoms with Crippen LogP contribution in [0.3, 0.4) is 0 Å². The van der Waals surface area contributed by atoms with E-state index in [9.17, 15) is 4.79 Å². The van der Waals surface area contributed by atoms with Gasteiger partial charge in [-0.1, -0.05) is 29.0 Å². The highest BCUT2D eigenvalue weighted by Gasteiger charge is 2.14. The van der Waals surface area contributed by atoms with Crippen LogP contribution in [0.5, 0.6) is 22.7 Å². The number of aromatic nitrogens is 3. The standard InChI is InChI=1S/C14H7BrClN3O3S/c15-10-2-1-3-11(21-13-17-4-8(16)5-18-13)12(10)22-14-19-6-9(7-20)23-14/h1-7H. The summed E-state index contributed by atoms with van der Waals surface area (Å²) in [5, 5.41) is 0.730. The number of rotatable bonds is 5. The summed E-state index contributed by atoms with van der Waals surface area (Å²) in [5.74, 6) is 0.794. The van der Waals surface area contributed by atoms with Crippen LogP contribution in [-0.2, 0) is 0 Å². The number of para-hydroxylation sites is 1. The van der Waals surface area contributed by atoms with Crippen molar-refractivity contribution in [1.82, 2.24) is 15.0 Å². The molecule has 0 unspecified atom stereocenters. The van der Waals surface area contributed by atoms with Crippen LogP contribution in [0, 0.1) is 0 Å². The van der Waals surface area contributed by atoms with Gasteiger partial charge in [-0.25, -0.2) is 15.0 Å². The molecule has 2 aromatic heterocycles. The summed E-state index contributed by atoms with van der Waals surface area (Å²) in [5.41, 5.74) is 0. The van der Waals surface area contributed by atoms with E-state index < -0.39 is 0 Å². The van der Waals surface area contributed by atoms with Crippen LogP contribution in [-0.4, -0.2) is 21.2 Å². The number of carbonyl (C=O) groups excluding carboxylic acids is 1. The van der Waals surface area contributed by atoms with E-state index in [-0.39, 0.29) is 6.01 Å². The molecular weight excluding hydrogens is 406 g/mol. The van der Waals surface area contributed by atoms with Gasteiger partial charge in [0.15, 0.2) is 17.8 Å². The van der Waals surface area contributed by atoms with E-state index in [1.807, 2.05) is 0 Å². The first-order chi connectivity index (χ1) is 11.2. The van der Waals surface area contributed by atoms with Crippen LogP contribution in [0.1, 0.15) is 9.67 Å². The van der Waals surface area contributed by atoms with E-state index in [2.05, 4.69) is 30.9 Å². The fourth-order valence-corrected chi connectivity index (χ4v) is 2.69. The predicted octanol–water partition coefficient (Wildman–Crippen LogP) is 4.75. The number of nitrogens with zero attached hydrogens (tertiary/aromatic N) is 3. The maximum atomic E-state index is 10.7. The molecule has 6 nitrogen and oxygen atoms in total. The summed E-state index contributed by atoms with van der Waals surface area (Å²) < 4.78 is 12.0. The molecule has 116 valence electrons. The van der Waals surface area contributed by atoms with E-state index in [1.165, 1.54) is 18.6 Å². The highest BCUT2D eigenvalue weighted by molar-refractivity contribution is 9.10. The van der Waals surface area contributed by atoms with Crippen molar-refractivity contribution in [2.24, 2.45) is 0 Å². The first kappa shape index (κ1) is 15.9. The van der Waals surface area contributed by atoms with E-state index in [4.69, 9.17) is 21.1 Å². The molecule has 3 rings (SSSR count). The fourth-order valence-electron chi connectivity index (χ4n) is 1.58. The molecule has 3 aromatic rings. The molecule has 9 heteroatoms. The Labute approximate surface area is 148 Å². The molecule has 1 aromatic carbocycles. The van der Waals surface area contributed by atoms with Crippen LogP contribution >= 0.6 is 38.9 Å². The number of benzene rings is 1. The van der Waals surface area contributed by atoms with Crippen molar-refractivity contribution in [2.75, 3.05) is 0 Å². The first-order valence-corrected chi connectivity index (χ1v) is 8.17. The zero-order valence-electron chi connectivity index (χ0n) is 11.3. The van der Waals surface area contributed by atoms with Crippen molar-refractivity contribution in [3.63, 3.8) is 0 Å². The van der Waals surface area contributed by atoms with Gasteiger partial charge >= 0.3 is 6.01 Å². The summed E-state index contributed by atoms with van der Waals surface area (Å²) >= 11 is 10.3. The molecule has 2 heterocycles. The summed E-state index contributed by atoms with van der Waals surface area (Å²) in [6, 6.07) is 5.40. The van der Waals surface area contributed by atoms with Gasteiger partial charge in [0.25, 0.3) is 5.19 Å². The number of halogens is 2. The Hall–Kier alpha value is -2.03. The lowest BCUT2D eigenvalue weighted by molar-refractivity contribution is 0.112. The molecule has 0 bridgehead atoms. The zero-order valence-corrected chi connectivity index (χ0v) is 14.4. The molecule has 0 saturated carbocycles. The monoisotopic (exact) mass is 411 g/mol. The minimum atomic E-state index is 0.130. The molecule has 0 saturated heterocycles. The van der Waals surface area contributed by atoms with E-state index in [1.54, 1.807) is 18.2 Å². The van der Waals surface area contributed by atoms with Crippen molar-refractivity contribution < 1.29 is 14.3 Å². The van der Waals surface area contributed by atoms with Crippen molar-refractivity contribution in [2.45, 2.75) is 0 Å². The van der Waals surface area contributed by atoms with E-state index in [0.29, 0.717) is 37.4 Å². The van der Waals surface area contributed by atoms with Crippen LogP contribution in [0.15, 0.2) is 41.3 Å². The molecule has 0 atom stereocenters. The van der Waals surface area contributed by atoms with Gasteiger partial charge in [0, 0.05) is 0 Å². The van der Waals surface area contributed by atoms with E-state index in [0.717, 1.165) is 11.3 Å². The van der Waals surface area contributed by atoms with E-state index >= 15 is 0 Å². The smallest absolute Gasteiger partial charge is 0.322 e. The normalized spacial score (nSPS) is 10.3. The Balaban J connectivity index is 1.89. The molecule has 0 N–H and O–H groups in total. The highest BCUT2D eigenvalue weighted by Crippen LogP contribution is 2.40. The van der Waals surface area contributed by atoms with Crippen LogP contribution in [0.25, 0.3) is 0 Å². The third-order valence-corrected chi connectivity index (χ3v) is 4.16. The summed E-state index contributed by atoms with van der Waals surface area (Å²) in [6.07, 6.45) is 5.01. The molecule has 0 aliphatic rings. The number of carbonyl (C=O) groups is 1. The van der Waals surface area contributed by atoms with Crippen LogP contribution in [0.4, 0.5) is 0 Å². The van der Waals surface area contributed by atoms with Gasteiger partial charge < -0.3 is 9.47 Å². The largest absolute Gasteiger partial charge is 0.426 e. The highest BCUT2D eigenvalue weighted by atomic mass is 79.9. The average Bonchev–Trinajstić information content (AvgIpc) is 3.01. The van der Waals surface area contributed by atoms with Crippen molar-refractivity contribution in [3.05, 3.63) is 51.2 Å².